The van der Waals surface area contributed by atoms with Gasteiger partial charge in [0.05, 0.1) is 12.1 Å². The summed E-state index contributed by atoms with van der Waals surface area (Å²) in [5, 5.41) is 14.3. The van der Waals surface area contributed by atoms with Gasteiger partial charge in [-0.2, -0.15) is 0 Å². The Hall–Kier alpha value is -2.87. The number of piperidine rings is 1. The van der Waals surface area contributed by atoms with Gasteiger partial charge >= 0.3 is 5.63 Å². The lowest BCUT2D eigenvalue weighted by Gasteiger charge is -2.47. The highest BCUT2D eigenvalue weighted by Crippen LogP contribution is 2.39. The van der Waals surface area contributed by atoms with Gasteiger partial charge in [0.2, 0.25) is 5.91 Å². The molecule has 2 aromatic rings. The molecule has 37 heavy (non-hydrogen) atoms. The molecule has 0 radical (unpaired) electrons. The van der Waals surface area contributed by atoms with Gasteiger partial charge in [-0.3, -0.25) is 9.59 Å². The van der Waals surface area contributed by atoms with Crippen molar-refractivity contribution >= 4 is 22.8 Å². The van der Waals surface area contributed by atoms with Crippen molar-refractivity contribution in [3.8, 4) is 5.75 Å². The average molecular weight is 513 g/mol. The van der Waals surface area contributed by atoms with Gasteiger partial charge in [-0.1, -0.05) is 39.0 Å². The Morgan fingerprint density at radius 3 is 2.86 bits per heavy atom. The lowest BCUT2D eigenvalue weighted by atomic mass is 9.71. The van der Waals surface area contributed by atoms with Crippen LogP contribution in [-0.2, 0) is 16.0 Å². The molecule has 2 atom stereocenters. The normalized spacial score (nSPS) is 21.5. The van der Waals surface area contributed by atoms with Gasteiger partial charge in [0.25, 0.3) is 5.91 Å². The third-order valence-corrected chi connectivity index (χ3v) is 8.13. The number of likely N-dealkylation sites (tertiary alicyclic amines) is 1. The van der Waals surface area contributed by atoms with Gasteiger partial charge in [-0.15, -0.1) is 0 Å². The number of hydrogen-bond acceptors (Lipinski definition) is 6. The summed E-state index contributed by atoms with van der Waals surface area (Å²) in [6.45, 7) is 4.81. The number of aliphatic hydroxyl groups is 1. The largest absolute Gasteiger partial charge is 0.484 e. The predicted molar refractivity (Wildman–Crippen MR) is 142 cm³/mol. The van der Waals surface area contributed by atoms with E-state index in [-0.39, 0.29) is 30.6 Å². The lowest BCUT2D eigenvalue weighted by molar-refractivity contribution is -0.143. The number of carbonyl (C=O) groups excluding carboxylic acids is 2. The number of rotatable bonds is 10. The second kappa shape index (κ2) is 12.1. The van der Waals surface area contributed by atoms with Crippen LogP contribution < -0.4 is 15.7 Å². The molecule has 2 fully saturated rings. The third kappa shape index (κ3) is 6.53. The number of unbranched alkanes of at least 4 members (excludes halogenated alkanes) is 3. The van der Waals surface area contributed by atoms with Crippen molar-refractivity contribution in [1.29, 1.82) is 0 Å². The van der Waals surface area contributed by atoms with Crippen molar-refractivity contribution in [3.05, 3.63) is 39.7 Å². The van der Waals surface area contributed by atoms with E-state index in [1.165, 1.54) is 0 Å². The van der Waals surface area contributed by atoms with Crippen LogP contribution in [0.1, 0.15) is 75.8 Å². The topological polar surface area (TPSA) is 109 Å². The number of ether oxygens (including phenoxy) is 1. The monoisotopic (exact) mass is 512 g/mol. The predicted octanol–water partition coefficient (Wildman–Crippen LogP) is 3.87. The van der Waals surface area contributed by atoms with Gasteiger partial charge in [0.15, 0.2) is 6.61 Å². The first-order valence-electron chi connectivity index (χ1n) is 13.8. The maximum atomic E-state index is 12.6. The van der Waals surface area contributed by atoms with E-state index in [0.717, 1.165) is 67.9 Å². The minimum Gasteiger partial charge on any atom is -0.484 e. The summed E-state index contributed by atoms with van der Waals surface area (Å²) in [7, 11) is 0. The zero-order valence-corrected chi connectivity index (χ0v) is 22.1. The Bertz CT molecular complexity index is 1170. The first-order valence-corrected chi connectivity index (χ1v) is 13.8. The molecule has 0 spiro atoms. The molecular weight excluding hydrogens is 472 g/mol. The van der Waals surface area contributed by atoms with E-state index in [2.05, 4.69) is 12.2 Å². The summed E-state index contributed by atoms with van der Waals surface area (Å²) in [4.78, 5) is 39.3. The summed E-state index contributed by atoms with van der Waals surface area (Å²) >= 11 is 0. The molecule has 2 aliphatic rings. The van der Waals surface area contributed by atoms with Crippen LogP contribution in [0.15, 0.2) is 27.4 Å². The summed E-state index contributed by atoms with van der Waals surface area (Å²) in [6.07, 6.45) is 9.54. The summed E-state index contributed by atoms with van der Waals surface area (Å²) in [6, 6.07) is 5.23. The standard InChI is InChI=1S/C29H40N2O6/c1-3-4-5-6-10-24-20(2)23-12-11-22(16-25(23)37-28(24)34)36-19-26(32)30-17-27(33)31-15-14-29(35)13-8-7-9-21(29)18-31/h11-12,16,21,35H,3-10,13-15,17-19H2,1-2H3,(H,30,32)/t21-,29+/m0/s1. The fourth-order valence-electron chi connectivity index (χ4n) is 5.77. The molecule has 8 heteroatoms. The number of fused-ring (bicyclic) bond motifs is 2. The molecule has 2 N–H and O–H groups in total. The zero-order chi connectivity index (χ0) is 26.4. The van der Waals surface area contributed by atoms with E-state index in [9.17, 15) is 19.5 Å². The quantitative estimate of drug-likeness (QED) is 0.370. The average Bonchev–Trinajstić information content (AvgIpc) is 2.89. The van der Waals surface area contributed by atoms with E-state index >= 15 is 0 Å². The lowest BCUT2D eigenvalue weighted by Crippen LogP contribution is -2.56. The molecule has 1 aromatic carbocycles. The second-order valence-corrected chi connectivity index (χ2v) is 10.7. The van der Waals surface area contributed by atoms with E-state index in [1.54, 1.807) is 17.0 Å². The van der Waals surface area contributed by atoms with Crippen LogP contribution in [-0.4, -0.2) is 53.7 Å². The Labute approximate surface area is 218 Å². The molecule has 4 rings (SSSR count). The number of aryl methyl sites for hydroxylation is 1. The number of benzene rings is 1. The first kappa shape index (κ1) is 27.2. The number of carbonyl (C=O) groups is 2. The second-order valence-electron chi connectivity index (χ2n) is 10.7. The van der Waals surface area contributed by atoms with Gasteiger partial charge < -0.3 is 24.5 Å². The van der Waals surface area contributed by atoms with Gasteiger partial charge in [-0.25, -0.2) is 4.79 Å². The fraction of sp³-hybridized carbons (Fsp3) is 0.621. The van der Waals surface area contributed by atoms with Crippen molar-refractivity contribution in [2.24, 2.45) is 5.92 Å². The smallest absolute Gasteiger partial charge is 0.339 e. The van der Waals surface area contributed by atoms with Crippen LogP contribution in [0.3, 0.4) is 0 Å². The summed E-state index contributed by atoms with van der Waals surface area (Å²) in [5.74, 6) is -0.0133. The minimum atomic E-state index is -0.639. The van der Waals surface area contributed by atoms with Crippen LogP contribution in [0.5, 0.6) is 5.75 Å². The van der Waals surface area contributed by atoms with Crippen LogP contribution in [0.2, 0.25) is 0 Å². The zero-order valence-electron chi connectivity index (χ0n) is 22.1. The molecule has 0 bridgehead atoms. The van der Waals surface area contributed by atoms with Gasteiger partial charge in [-0.05, 0) is 56.7 Å². The van der Waals surface area contributed by atoms with E-state index in [1.807, 2.05) is 13.0 Å². The highest BCUT2D eigenvalue weighted by atomic mass is 16.5. The van der Waals surface area contributed by atoms with E-state index in [0.29, 0.717) is 37.3 Å². The van der Waals surface area contributed by atoms with Gasteiger partial charge in [0.1, 0.15) is 11.3 Å². The van der Waals surface area contributed by atoms with Crippen LogP contribution in [0, 0.1) is 12.8 Å². The molecule has 8 nitrogen and oxygen atoms in total. The van der Waals surface area contributed by atoms with Crippen LogP contribution in [0.4, 0.5) is 0 Å². The SMILES string of the molecule is CCCCCCc1c(C)c2ccc(OCC(=O)NCC(=O)N3CC[C@]4(O)CCCC[C@H]4C3)cc2oc1=O. The molecule has 1 aromatic heterocycles. The summed E-state index contributed by atoms with van der Waals surface area (Å²) in [5.41, 5.74) is 1.12. The number of amides is 2. The number of hydrogen-bond donors (Lipinski definition) is 2. The fourth-order valence-corrected chi connectivity index (χ4v) is 5.77. The number of nitrogens with one attached hydrogen (secondary N) is 1. The molecular formula is C29H40N2O6. The Morgan fingerprint density at radius 1 is 1.22 bits per heavy atom. The molecule has 202 valence electrons. The van der Waals surface area contributed by atoms with Crippen LogP contribution in [0.25, 0.3) is 11.0 Å². The summed E-state index contributed by atoms with van der Waals surface area (Å²) < 4.78 is 11.2. The molecule has 1 saturated heterocycles. The highest BCUT2D eigenvalue weighted by Gasteiger charge is 2.43. The van der Waals surface area contributed by atoms with Crippen molar-refractivity contribution in [2.75, 3.05) is 26.2 Å². The molecule has 0 unspecified atom stereocenters. The Morgan fingerprint density at radius 2 is 2.05 bits per heavy atom. The first-order chi connectivity index (χ1) is 17.8. The maximum absolute atomic E-state index is 12.6. The maximum Gasteiger partial charge on any atom is 0.339 e. The van der Waals surface area contributed by atoms with E-state index < -0.39 is 11.5 Å². The van der Waals surface area contributed by atoms with Gasteiger partial charge in [0, 0.05) is 36.0 Å². The Balaban J connectivity index is 1.27. The van der Waals surface area contributed by atoms with Crippen molar-refractivity contribution in [3.63, 3.8) is 0 Å². The molecule has 1 aliphatic carbocycles. The minimum absolute atomic E-state index is 0.0971. The van der Waals surface area contributed by atoms with Crippen molar-refractivity contribution in [1.82, 2.24) is 10.2 Å². The van der Waals surface area contributed by atoms with Crippen molar-refractivity contribution in [2.45, 2.75) is 83.7 Å². The number of nitrogens with zero attached hydrogens (tertiary/aromatic N) is 1. The van der Waals surface area contributed by atoms with Crippen molar-refractivity contribution < 1.29 is 23.8 Å². The molecule has 2 heterocycles. The molecule has 1 saturated carbocycles. The van der Waals surface area contributed by atoms with E-state index in [4.69, 9.17) is 9.15 Å². The molecule has 1 aliphatic heterocycles. The highest BCUT2D eigenvalue weighted by molar-refractivity contribution is 5.86. The third-order valence-electron chi connectivity index (χ3n) is 8.13. The molecule has 2 amide bonds. The Kier molecular flexibility index (Phi) is 8.90. The van der Waals surface area contributed by atoms with Crippen LogP contribution >= 0.6 is 0 Å².